The first-order valence-electron chi connectivity index (χ1n) is 10.3. The predicted molar refractivity (Wildman–Crippen MR) is 121 cm³/mol. The summed E-state index contributed by atoms with van der Waals surface area (Å²) >= 11 is 0. The fraction of sp³-hybridized carbons (Fsp3) is 0.364. The summed E-state index contributed by atoms with van der Waals surface area (Å²) < 4.78 is 15.9. The third kappa shape index (κ3) is 6.40. The van der Waals surface area contributed by atoms with Gasteiger partial charge in [-0.3, -0.25) is 19.7 Å². The minimum Gasteiger partial charge on any atom is -0.497 e. The summed E-state index contributed by atoms with van der Waals surface area (Å²) in [6.45, 7) is 1.27. The molecule has 0 saturated carbocycles. The van der Waals surface area contributed by atoms with Crippen molar-refractivity contribution >= 4 is 28.9 Å². The summed E-state index contributed by atoms with van der Waals surface area (Å²) in [5.41, 5.74) is 0.144. The zero-order valence-electron chi connectivity index (χ0n) is 18.4. The van der Waals surface area contributed by atoms with Crippen LogP contribution in [0.1, 0.15) is 23.2 Å². The monoisotopic (exact) mass is 458 g/mol. The number of nitrogens with zero attached hydrogens (tertiary/aromatic N) is 1. The molecule has 1 fully saturated rings. The Bertz CT molecular complexity index is 1020. The Hall–Kier alpha value is -3.70. The minimum atomic E-state index is -0.648. The van der Waals surface area contributed by atoms with Crippen molar-refractivity contribution in [2.24, 2.45) is 0 Å². The number of nitrogens with one attached hydrogen (secondary N) is 3. The molecule has 1 heterocycles. The van der Waals surface area contributed by atoms with Gasteiger partial charge in [0.15, 0.2) is 0 Å². The Kier molecular flexibility index (Phi) is 8.17. The lowest BCUT2D eigenvalue weighted by Gasteiger charge is -2.15. The molecule has 1 saturated heterocycles. The van der Waals surface area contributed by atoms with Crippen molar-refractivity contribution in [2.45, 2.75) is 18.9 Å². The summed E-state index contributed by atoms with van der Waals surface area (Å²) in [7, 11) is 2.94. The van der Waals surface area contributed by atoms with Crippen molar-refractivity contribution < 1.29 is 28.7 Å². The SMILES string of the molecule is COc1ccc(NC(=O)c2cc([N+](=O)[O-])ccc2NC(=O)CNC[C@@H]2CCCO2)c(OC)c1. The maximum Gasteiger partial charge on any atom is 0.270 e. The third-order valence-corrected chi connectivity index (χ3v) is 5.07. The number of hydrogen-bond donors (Lipinski definition) is 3. The highest BCUT2D eigenvalue weighted by Crippen LogP contribution is 2.30. The fourth-order valence-electron chi connectivity index (χ4n) is 3.38. The second-order valence-electron chi connectivity index (χ2n) is 7.32. The van der Waals surface area contributed by atoms with Gasteiger partial charge in [0, 0.05) is 31.4 Å². The van der Waals surface area contributed by atoms with Gasteiger partial charge in [-0.15, -0.1) is 0 Å². The third-order valence-electron chi connectivity index (χ3n) is 5.07. The van der Waals surface area contributed by atoms with E-state index in [1.54, 1.807) is 18.2 Å². The number of benzene rings is 2. The van der Waals surface area contributed by atoms with E-state index in [9.17, 15) is 19.7 Å². The molecule has 1 aliphatic rings. The molecule has 33 heavy (non-hydrogen) atoms. The second kappa shape index (κ2) is 11.2. The van der Waals surface area contributed by atoms with Crippen LogP contribution in [0.25, 0.3) is 0 Å². The smallest absolute Gasteiger partial charge is 0.270 e. The van der Waals surface area contributed by atoms with Crippen LogP contribution in [-0.4, -0.2) is 56.8 Å². The van der Waals surface area contributed by atoms with E-state index in [4.69, 9.17) is 14.2 Å². The number of ether oxygens (including phenoxy) is 3. The van der Waals surface area contributed by atoms with Crippen molar-refractivity contribution in [3.8, 4) is 11.5 Å². The van der Waals surface area contributed by atoms with Gasteiger partial charge in [0.2, 0.25) is 5.91 Å². The maximum absolute atomic E-state index is 13.0. The van der Waals surface area contributed by atoms with E-state index in [1.165, 1.54) is 26.4 Å². The second-order valence-corrected chi connectivity index (χ2v) is 7.32. The van der Waals surface area contributed by atoms with E-state index in [-0.39, 0.29) is 29.6 Å². The number of non-ortho nitro benzene ring substituents is 1. The Balaban J connectivity index is 1.75. The molecule has 2 amide bonds. The van der Waals surface area contributed by atoms with Crippen LogP contribution in [-0.2, 0) is 9.53 Å². The predicted octanol–water partition coefficient (Wildman–Crippen LogP) is 2.57. The molecule has 3 rings (SSSR count). The lowest BCUT2D eigenvalue weighted by molar-refractivity contribution is -0.384. The van der Waals surface area contributed by atoms with Crippen molar-refractivity contribution in [2.75, 3.05) is 44.5 Å². The van der Waals surface area contributed by atoms with Gasteiger partial charge in [-0.25, -0.2) is 0 Å². The highest BCUT2D eigenvalue weighted by molar-refractivity contribution is 6.11. The molecule has 0 aromatic heterocycles. The number of nitro groups is 1. The molecule has 0 radical (unpaired) electrons. The van der Waals surface area contributed by atoms with Gasteiger partial charge in [0.25, 0.3) is 11.6 Å². The normalized spacial score (nSPS) is 15.0. The average Bonchev–Trinajstić information content (AvgIpc) is 3.32. The average molecular weight is 458 g/mol. The quantitative estimate of drug-likeness (QED) is 0.364. The first kappa shape index (κ1) is 24.0. The lowest BCUT2D eigenvalue weighted by atomic mass is 10.1. The fourth-order valence-corrected chi connectivity index (χ4v) is 3.38. The van der Waals surface area contributed by atoms with Crippen LogP contribution in [0.15, 0.2) is 36.4 Å². The van der Waals surface area contributed by atoms with Crippen molar-refractivity contribution in [3.05, 3.63) is 52.1 Å². The number of anilines is 2. The number of hydrogen-bond acceptors (Lipinski definition) is 8. The largest absolute Gasteiger partial charge is 0.497 e. The highest BCUT2D eigenvalue weighted by atomic mass is 16.6. The molecule has 0 spiro atoms. The molecular formula is C22H26N4O7. The molecule has 11 nitrogen and oxygen atoms in total. The molecule has 0 unspecified atom stereocenters. The standard InChI is InChI=1S/C22H26N4O7/c1-31-15-6-8-19(20(11-15)32-2)25-22(28)17-10-14(26(29)30)5-7-18(17)24-21(27)13-23-12-16-4-3-9-33-16/h5-8,10-11,16,23H,3-4,9,12-13H2,1-2H3,(H,24,27)(H,25,28)/t16-/m0/s1. The minimum absolute atomic E-state index is 0.00418. The van der Waals surface area contributed by atoms with Gasteiger partial charge in [0.1, 0.15) is 11.5 Å². The molecule has 11 heteroatoms. The molecular weight excluding hydrogens is 432 g/mol. The summed E-state index contributed by atoms with van der Waals surface area (Å²) in [4.78, 5) is 36.0. The number of nitro benzene ring substituents is 1. The number of rotatable bonds is 10. The summed E-state index contributed by atoms with van der Waals surface area (Å²) in [5.74, 6) is -0.164. The van der Waals surface area contributed by atoms with E-state index in [0.29, 0.717) is 23.7 Å². The van der Waals surface area contributed by atoms with Gasteiger partial charge in [-0.05, 0) is 31.0 Å². The first-order chi connectivity index (χ1) is 15.9. The van der Waals surface area contributed by atoms with Gasteiger partial charge in [0.05, 0.1) is 48.7 Å². The summed E-state index contributed by atoms with van der Waals surface area (Å²) in [5, 5.41) is 19.6. The highest BCUT2D eigenvalue weighted by Gasteiger charge is 2.20. The van der Waals surface area contributed by atoms with E-state index in [1.807, 2.05) is 0 Å². The first-order valence-corrected chi connectivity index (χ1v) is 10.3. The van der Waals surface area contributed by atoms with Crippen LogP contribution in [0, 0.1) is 10.1 Å². The van der Waals surface area contributed by atoms with Crippen LogP contribution >= 0.6 is 0 Å². The topological polar surface area (TPSA) is 141 Å². The summed E-state index contributed by atoms with van der Waals surface area (Å²) in [6, 6.07) is 8.47. The van der Waals surface area contributed by atoms with Crippen molar-refractivity contribution in [1.82, 2.24) is 5.32 Å². The molecule has 0 bridgehead atoms. The summed E-state index contributed by atoms with van der Waals surface area (Å²) in [6.07, 6.45) is 2.02. The number of carbonyl (C=O) groups is 2. The van der Waals surface area contributed by atoms with E-state index in [2.05, 4.69) is 16.0 Å². The van der Waals surface area contributed by atoms with Crippen LogP contribution in [0.2, 0.25) is 0 Å². The zero-order chi connectivity index (χ0) is 23.8. The molecule has 1 aliphatic heterocycles. The van der Waals surface area contributed by atoms with Crippen LogP contribution in [0.5, 0.6) is 11.5 Å². The number of amides is 2. The Morgan fingerprint density at radius 1 is 1.12 bits per heavy atom. The van der Waals surface area contributed by atoms with E-state index >= 15 is 0 Å². The molecule has 0 aliphatic carbocycles. The van der Waals surface area contributed by atoms with Gasteiger partial charge in [-0.1, -0.05) is 0 Å². The van der Waals surface area contributed by atoms with Crippen LogP contribution in [0.3, 0.4) is 0 Å². The van der Waals surface area contributed by atoms with Crippen LogP contribution in [0.4, 0.5) is 17.1 Å². The van der Waals surface area contributed by atoms with Crippen LogP contribution < -0.4 is 25.4 Å². The number of carbonyl (C=O) groups excluding carboxylic acids is 2. The molecule has 2 aromatic carbocycles. The maximum atomic E-state index is 13.0. The van der Waals surface area contributed by atoms with Gasteiger partial charge in [-0.2, -0.15) is 0 Å². The Morgan fingerprint density at radius 3 is 2.58 bits per heavy atom. The lowest BCUT2D eigenvalue weighted by Crippen LogP contribution is -2.34. The van der Waals surface area contributed by atoms with E-state index in [0.717, 1.165) is 25.5 Å². The number of methoxy groups -OCH3 is 2. The molecule has 3 N–H and O–H groups in total. The van der Waals surface area contributed by atoms with Gasteiger partial charge >= 0.3 is 0 Å². The molecule has 2 aromatic rings. The zero-order valence-corrected chi connectivity index (χ0v) is 18.4. The van der Waals surface area contributed by atoms with Crippen molar-refractivity contribution in [1.29, 1.82) is 0 Å². The van der Waals surface area contributed by atoms with E-state index < -0.39 is 16.7 Å². The molecule has 176 valence electrons. The van der Waals surface area contributed by atoms with Crippen molar-refractivity contribution in [3.63, 3.8) is 0 Å². The van der Waals surface area contributed by atoms with Gasteiger partial charge < -0.3 is 30.2 Å². The molecule has 1 atom stereocenters. The Morgan fingerprint density at radius 2 is 1.91 bits per heavy atom. The Labute approximate surface area is 190 Å².